The monoisotopic (exact) mass is 248 g/mol. The Hall–Kier alpha value is -1.02. The number of rotatable bonds is 6. The van der Waals surface area contributed by atoms with Crippen molar-refractivity contribution < 1.29 is 0 Å². The lowest BCUT2D eigenvalue weighted by Gasteiger charge is -2.29. The largest absolute Gasteiger partial charge is 0.372 e. The van der Waals surface area contributed by atoms with Crippen LogP contribution < -0.4 is 10.6 Å². The Balaban J connectivity index is 2.89. The highest BCUT2D eigenvalue weighted by molar-refractivity contribution is 5.51. The van der Waals surface area contributed by atoms with Gasteiger partial charge in [-0.15, -0.1) is 0 Å². The second kappa shape index (κ2) is 6.79. The highest BCUT2D eigenvalue weighted by Gasteiger charge is 2.12. The van der Waals surface area contributed by atoms with E-state index in [1.165, 1.54) is 29.7 Å². The molecule has 0 radical (unpaired) electrons. The van der Waals surface area contributed by atoms with Crippen LogP contribution in [0, 0.1) is 6.92 Å². The summed E-state index contributed by atoms with van der Waals surface area (Å²) in [6, 6.07) is 7.60. The molecule has 1 aromatic carbocycles. The van der Waals surface area contributed by atoms with Gasteiger partial charge in [0.1, 0.15) is 0 Å². The van der Waals surface area contributed by atoms with E-state index in [-0.39, 0.29) is 6.04 Å². The standard InChI is InChI=1S/C16H28N2/c1-6-15(7-2)18(5)16-9-8-14(11-13(4)17)12(3)10-16/h8-10,13,15H,6-7,11,17H2,1-5H3. The Bertz CT molecular complexity index is 367. The zero-order chi connectivity index (χ0) is 13.7. The molecule has 0 aromatic heterocycles. The van der Waals surface area contributed by atoms with E-state index in [0.29, 0.717) is 6.04 Å². The van der Waals surface area contributed by atoms with Gasteiger partial charge in [-0.3, -0.25) is 0 Å². The number of hydrogen-bond acceptors (Lipinski definition) is 2. The van der Waals surface area contributed by atoms with E-state index in [1.807, 2.05) is 0 Å². The molecular formula is C16H28N2. The molecule has 102 valence electrons. The molecule has 1 aromatic rings. The maximum absolute atomic E-state index is 5.87. The van der Waals surface area contributed by atoms with Gasteiger partial charge in [0.25, 0.3) is 0 Å². The third-order valence-electron chi connectivity index (χ3n) is 3.77. The summed E-state index contributed by atoms with van der Waals surface area (Å²) in [6.07, 6.45) is 3.34. The highest BCUT2D eigenvalue weighted by Crippen LogP contribution is 2.22. The van der Waals surface area contributed by atoms with Crippen molar-refractivity contribution in [2.75, 3.05) is 11.9 Å². The summed E-state index contributed by atoms with van der Waals surface area (Å²) in [5, 5.41) is 0. The Labute approximate surface area is 112 Å². The van der Waals surface area contributed by atoms with Crippen molar-refractivity contribution in [2.45, 2.75) is 59.0 Å². The van der Waals surface area contributed by atoms with Crippen molar-refractivity contribution >= 4 is 5.69 Å². The lowest BCUT2D eigenvalue weighted by Crippen LogP contribution is -2.30. The molecule has 2 heteroatoms. The van der Waals surface area contributed by atoms with E-state index in [9.17, 15) is 0 Å². The summed E-state index contributed by atoms with van der Waals surface area (Å²) in [7, 11) is 2.19. The Morgan fingerprint density at radius 1 is 1.22 bits per heavy atom. The van der Waals surface area contributed by atoms with Crippen LogP contribution in [-0.2, 0) is 6.42 Å². The molecule has 2 N–H and O–H groups in total. The van der Waals surface area contributed by atoms with Crippen LogP contribution >= 0.6 is 0 Å². The first-order valence-corrected chi connectivity index (χ1v) is 7.07. The summed E-state index contributed by atoms with van der Waals surface area (Å²) in [5.74, 6) is 0. The van der Waals surface area contributed by atoms with Crippen LogP contribution in [0.2, 0.25) is 0 Å². The van der Waals surface area contributed by atoms with Crippen LogP contribution in [0.3, 0.4) is 0 Å². The van der Waals surface area contributed by atoms with E-state index >= 15 is 0 Å². The van der Waals surface area contributed by atoms with Crippen LogP contribution in [0.5, 0.6) is 0 Å². The van der Waals surface area contributed by atoms with Crippen molar-refractivity contribution in [3.8, 4) is 0 Å². The molecule has 0 fully saturated rings. The fourth-order valence-electron chi connectivity index (χ4n) is 2.52. The maximum Gasteiger partial charge on any atom is 0.0368 e. The van der Waals surface area contributed by atoms with Gasteiger partial charge >= 0.3 is 0 Å². The Morgan fingerprint density at radius 2 is 1.83 bits per heavy atom. The molecule has 1 rings (SSSR count). The SMILES string of the molecule is CCC(CC)N(C)c1ccc(CC(C)N)c(C)c1. The molecule has 18 heavy (non-hydrogen) atoms. The van der Waals surface area contributed by atoms with Gasteiger partial charge in [0, 0.05) is 24.8 Å². The van der Waals surface area contributed by atoms with Crippen molar-refractivity contribution in [1.82, 2.24) is 0 Å². The minimum Gasteiger partial charge on any atom is -0.372 e. The molecule has 0 saturated heterocycles. The molecule has 0 bridgehead atoms. The van der Waals surface area contributed by atoms with Crippen LogP contribution in [0.25, 0.3) is 0 Å². The predicted molar refractivity (Wildman–Crippen MR) is 81.3 cm³/mol. The van der Waals surface area contributed by atoms with E-state index < -0.39 is 0 Å². The van der Waals surface area contributed by atoms with E-state index in [0.717, 1.165) is 6.42 Å². The van der Waals surface area contributed by atoms with Crippen molar-refractivity contribution in [3.05, 3.63) is 29.3 Å². The lowest BCUT2D eigenvalue weighted by atomic mass is 10.0. The van der Waals surface area contributed by atoms with Gasteiger partial charge in [-0.25, -0.2) is 0 Å². The molecule has 1 atom stereocenters. The first kappa shape index (κ1) is 15.0. The molecular weight excluding hydrogens is 220 g/mol. The summed E-state index contributed by atoms with van der Waals surface area (Å²) < 4.78 is 0. The smallest absolute Gasteiger partial charge is 0.0368 e. The minimum atomic E-state index is 0.228. The summed E-state index contributed by atoms with van der Waals surface area (Å²) in [4.78, 5) is 2.39. The van der Waals surface area contributed by atoms with Crippen molar-refractivity contribution in [3.63, 3.8) is 0 Å². The second-order valence-electron chi connectivity index (χ2n) is 5.37. The summed E-state index contributed by atoms with van der Waals surface area (Å²) >= 11 is 0. The lowest BCUT2D eigenvalue weighted by molar-refractivity contribution is 0.591. The molecule has 0 saturated carbocycles. The van der Waals surface area contributed by atoms with E-state index in [1.54, 1.807) is 0 Å². The van der Waals surface area contributed by atoms with E-state index in [4.69, 9.17) is 5.73 Å². The average Bonchev–Trinajstić information content (AvgIpc) is 2.32. The number of anilines is 1. The fourth-order valence-corrected chi connectivity index (χ4v) is 2.52. The molecule has 1 unspecified atom stereocenters. The molecule has 0 heterocycles. The Kier molecular flexibility index (Phi) is 5.67. The van der Waals surface area contributed by atoms with Gasteiger partial charge in [0.2, 0.25) is 0 Å². The van der Waals surface area contributed by atoms with E-state index in [2.05, 4.69) is 57.8 Å². The fraction of sp³-hybridized carbons (Fsp3) is 0.625. The quantitative estimate of drug-likeness (QED) is 0.834. The summed E-state index contributed by atoms with van der Waals surface area (Å²) in [5.41, 5.74) is 9.90. The molecule has 0 amide bonds. The zero-order valence-electron chi connectivity index (χ0n) is 12.5. The number of nitrogens with two attached hydrogens (primary N) is 1. The third kappa shape index (κ3) is 3.74. The molecule has 2 nitrogen and oxygen atoms in total. The average molecular weight is 248 g/mol. The second-order valence-corrected chi connectivity index (χ2v) is 5.37. The summed E-state index contributed by atoms with van der Waals surface area (Å²) in [6.45, 7) is 8.75. The first-order chi connectivity index (χ1) is 8.49. The highest BCUT2D eigenvalue weighted by atomic mass is 15.1. The Morgan fingerprint density at radius 3 is 2.28 bits per heavy atom. The zero-order valence-corrected chi connectivity index (χ0v) is 12.5. The van der Waals surface area contributed by atoms with Gasteiger partial charge in [-0.05, 0) is 56.4 Å². The van der Waals surface area contributed by atoms with Gasteiger partial charge in [0.05, 0.1) is 0 Å². The predicted octanol–water partition coefficient (Wildman–Crippen LogP) is 3.51. The molecule has 0 aliphatic heterocycles. The molecule has 0 aliphatic rings. The third-order valence-corrected chi connectivity index (χ3v) is 3.77. The van der Waals surface area contributed by atoms with Gasteiger partial charge in [-0.1, -0.05) is 19.9 Å². The molecule has 0 spiro atoms. The maximum atomic E-state index is 5.87. The van der Waals surface area contributed by atoms with Crippen LogP contribution in [0.15, 0.2) is 18.2 Å². The van der Waals surface area contributed by atoms with Gasteiger partial charge in [0.15, 0.2) is 0 Å². The minimum absolute atomic E-state index is 0.228. The number of aryl methyl sites for hydroxylation is 1. The van der Waals surface area contributed by atoms with Crippen molar-refractivity contribution in [1.29, 1.82) is 0 Å². The number of nitrogens with zero attached hydrogens (tertiary/aromatic N) is 1. The topological polar surface area (TPSA) is 29.3 Å². The first-order valence-electron chi connectivity index (χ1n) is 7.07. The van der Waals surface area contributed by atoms with Crippen molar-refractivity contribution in [2.24, 2.45) is 5.73 Å². The number of benzene rings is 1. The normalized spacial score (nSPS) is 12.8. The van der Waals surface area contributed by atoms with Gasteiger partial charge < -0.3 is 10.6 Å². The van der Waals surface area contributed by atoms with Gasteiger partial charge in [-0.2, -0.15) is 0 Å². The van der Waals surface area contributed by atoms with Crippen LogP contribution in [-0.4, -0.2) is 19.1 Å². The van der Waals surface area contributed by atoms with Crippen LogP contribution in [0.4, 0.5) is 5.69 Å². The number of hydrogen-bond donors (Lipinski definition) is 1. The molecule has 0 aliphatic carbocycles. The van der Waals surface area contributed by atoms with Crippen LogP contribution in [0.1, 0.15) is 44.7 Å².